The fourth-order valence-electron chi connectivity index (χ4n) is 3.62. The lowest BCUT2D eigenvalue weighted by Crippen LogP contribution is -2.52. The molecule has 0 radical (unpaired) electrons. The SMILES string of the molecule is CCNC(=O)C(CC)N(Cc1ccc(Cl)c(Cl)c1)C(=O)CN(c1cc([N+](=O)[O-])ccc1C)S(C)(=O)=O. The van der Waals surface area contributed by atoms with Crippen LogP contribution in [0.4, 0.5) is 11.4 Å². The van der Waals surface area contributed by atoms with E-state index in [4.69, 9.17) is 23.2 Å². The summed E-state index contributed by atoms with van der Waals surface area (Å²) in [4.78, 5) is 38.3. The molecule has 0 heterocycles. The average molecular weight is 559 g/mol. The fraction of sp³-hybridized carbons (Fsp3) is 0.391. The summed E-state index contributed by atoms with van der Waals surface area (Å²) in [7, 11) is -4.04. The minimum atomic E-state index is -4.04. The number of sulfonamides is 1. The third-order valence-electron chi connectivity index (χ3n) is 5.43. The summed E-state index contributed by atoms with van der Waals surface area (Å²) in [5.74, 6) is -1.07. The number of nitrogens with one attached hydrogen (secondary N) is 1. The van der Waals surface area contributed by atoms with Crippen molar-refractivity contribution in [1.29, 1.82) is 0 Å². The lowest BCUT2D eigenvalue weighted by molar-refractivity contribution is -0.384. The van der Waals surface area contributed by atoms with Crippen LogP contribution in [-0.2, 0) is 26.2 Å². The summed E-state index contributed by atoms with van der Waals surface area (Å²) in [6.07, 6.45) is 1.16. The van der Waals surface area contributed by atoms with Crippen molar-refractivity contribution in [3.63, 3.8) is 0 Å². The van der Waals surface area contributed by atoms with Gasteiger partial charge in [-0.15, -0.1) is 0 Å². The number of halogens is 2. The number of hydrogen-bond donors (Lipinski definition) is 1. The number of carbonyl (C=O) groups is 2. The van der Waals surface area contributed by atoms with Crippen molar-refractivity contribution in [2.24, 2.45) is 0 Å². The normalized spacial score (nSPS) is 12.1. The number of likely N-dealkylation sites (N-methyl/N-ethyl adjacent to an activating group) is 1. The van der Waals surface area contributed by atoms with E-state index in [1.54, 1.807) is 39.0 Å². The number of carbonyl (C=O) groups excluding carboxylic acids is 2. The standard InChI is InChI=1S/C23H28Cl2N4O6S/c1-5-20(23(31)26-6-2)27(13-16-8-10-18(24)19(25)11-16)22(30)14-28(36(4,34)35)21-12-17(29(32)33)9-7-15(21)3/h7-12,20H,5-6,13-14H2,1-4H3,(H,26,31). The number of nitrogens with zero attached hydrogens (tertiary/aromatic N) is 3. The van der Waals surface area contributed by atoms with E-state index in [9.17, 15) is 28.1 Å². The van der Waals surface area contributed by atoms with Crippen LogP contribution in [0.1, 0.15) is 31.4 Å². The molecule has 0 aliphatic rings. The predicted molar refractivity (Wildman–Crippen MR) is 140 cm³/mol. The Kier molecular flexibility index (Phi) is 10.1. The summed E-state index contributed by atoms with van der Waals surface area (Å²) in [6.45, 7) is 4.68. The highest BCUT2D eigenvalue weighted by Crippen LogP contribution is 2.28. The maximum absolute atomic E-state index is 13.6. The zero-order chi connectivity index (χ0) is 27.2. The van der Waals surface area contributed by atoms with Crippen molar-refractivity contribution in [3.05, 3.63) is 67.7 Å². The molecule has 2 aromatic rings. The van der Waals surface area contributed by atoms with Crippen molar-refractivity contribution < 1.29 is 22.9 Å². The number of hydrogen-bond acceptors (Lipinski definition) is 6. The third-order valence-corrected chi connectivity index (χ3v) is 7.29. The monoisotopic (exact) mass is 558 g/mol. The molecule has 0 aromatic heterocycles. The second-order valence-corrected chi connectivity index (χ2v) is 10.8. The fourth-order valence-corrected chi connectivity index (χ4v) is 4.84. The van der Waals surface area contributed by atoms with Gasteiger partial charge in [0.15, 0.2) is 0 Å². The van der Waals surface area contributed by atoms with E-state index >= 15 is 0 Å². The van der Waals surface area contributed by atoms with Gasteiger partial charge in [0, 0.05) is 25.2 Å². The number of nitro benzene ring substituents is 1. The molecule has 2 rings (SSSR count). The number of rotatable bonds is 11. The smallest absolute Gasteiger partial charge is 0.271 e. The second-order valence-electron chi connectivity index (χ2n) is 8.09. The van der Waals surface area contributed by atoms with E-state index < -0.39 is 39.3 Å². The van der Waals surface area contributed by atoms with E-state index in [2.05, 4.69) is 5.32 Å². The van der Waals surface area contributed by atoms with E-state index in [1.807, 2.05) is 0 Å². The first kappa shape index (κ1) is 29.3. The Morgan fingerprint density at radius 1 is 1.11 bits per heavy atom. The first-order valence-electron chi connectivity index (χ1n) is 11.0. The molecule has 13 heteroatoms. The number of amides is 2. The molecule has 36 heavy (non-hydrogen) atoms. The Morgan fingerprint density at radius 2 is 1.78 bits per heavy atom. The molecule has 2 amide bonds. The second kappa shape index (κ2) is 12.4. The van der Waals surface area contributed by atoms with E-state index in [0.717, 1.165) is 16.6 Å². The molecular weight excluding hydrogens is 531 g/mol. The quantitative estimate of drug-likeness (QED) is 0.328. The summed E-state index contributed by atoms with van der Waals surface area (Å²) in [6, 6.07) is 7.64. The van der Waals surface area contributed by atoms with Crippen LogP contribution in [-0.4, -0.2) is 55.4 Å². The molecule has 1 N–H and O–H groups in total. The van der Waals surface area contributed by atoms with Crippen molar-refractivity contribution in [2.45, 2.75) is 39.8 Å². The van der Waals surface area contributed by atoms with Crippen LogP contribution in [0.25, 0.3) is 0 Å². The van der Waals surface area contributed by atoms with Crippen LogP contribution >= 0.6 is 23.2 Å². The average Bonchev–Trinajstić information content (AvgIpc) is 2.79. The van der Waals surface area contributed by atoms with Gasteiger partial charge in [0.05, 0.1) is 26.9 Å². The van der Waals surface area contributed by atoms with Crippen LogP contribution in [0.5, 0.6) is 0 Å². The Morgan fingerprint density at radius 3 is 2.31 bits per heavy atom. The van der Waals surface area contributed by atoms with Crippen LogP contribution in [0, 0.1) is 17.0 Å². The zero-order valence-corrected chi connectivity index (χ0v) is 22.7. The van der Waals surface area contributed by atoms with Gasteiger partial charge in [-0.3, -0.25) is 24.0 Å². The number of aryl methyl sites for hydroxylation is 1. The largest absolute Gasteiger partial charge is 0.355 e. The van der Waals surface area contributed by atoms with Gasteiger partial charge in [-0.25, -0.2) is 8.42 Å². The summed E-state index contributed by atoms with van der Waals surface area (Å²) < 4.78 is 26.2. The maximum Gasteiger partial charge on any atom is 0.271 e. The van der Waals surface area contributed by atoms with Gasteiger partial charge >= 0.3 is 0 Å². The first-order valence-corrected chi connectivity index (χ1v) is 13.6. The molecule has 0 fully saturated rings. The van der Waals surface area contributed by atoms with Crippen LogP contribution in [0.3, 0.4) is 0 Å². The van der Waals surface area contributed by atoms with Crippen LogP contribution in [0.15, 0.2) is 36.4 Å². The molecule has 0 bridgehead atoms. The third kappa shape index (κ3) is 7.31. The Bertz CT molecular complexity index is 1260. The van der Waals surface area contributed by atoms with Crippen molar-refractivity contribution in [2.75, 3.05) is 23.7 Å². The molecule has 2 aromatic carbocycles. The van der Waals surface area contributed by atoms with Gasteiger partial charge < -0.3 is 10.2 Å². The minimum Gasteiger partial charge on any atom is -0.355 e. The van der Waals surface area contributed by atoms with Gasteiger partial charge in [-0.2, -0.15) is 0 Å². The van der Waals surface area contributed by atoms with Crippen molar-refractivity contribution >= 4 is 56.4 Å². The van der Waals surface area contributed by atoms with E-state index in [1.165, 1.54) is 17.0 Å². The molecule has 0 aliphatic carbocycles. The van der Waals surface area contributed by atoms with Gasteiger partial charge in [-0.1, -0.05) is 42.3 Å². The number of nitro groups is 1. The van der Waals surface area contributed by atoms with Crippen molar-refractivity contribution in [3.8, 4) is 0 Å². The summed E-state index contributed by atoms with van der Waals surface area (Å²) in [5.41, 5.74) is 0.683. The molecule has 0 aliphatic heterocycles. The molecule has 10 nitrogen and oxygen atoms in total. The molecule has 1 atom stereocenters. The highest BCUT2D eigenvalue weighted by atomic mass is 35.5. The predicted octanol–water partition coefficient (Wildman–Crippen LogP) is 3.92. The molecule has 0 saturated heterocycles. The highest BCUT2D eigenvalue weighted by molar-refractivity contribution is 7.92. The van der Waals surface area contributed by atoms with Gasteiger partial charge in [0.2, 0.25) is 21.8 Å². The first-order chi connectivity index (χ1) is 16.8. The minimum absolute atomic E-state index is 0.000551. The topological polar surface area (TPSA) is 130 Å². The lowest BCUT2D eigenvalue weighted by Gasteiger charge is -2.33. The zero-order valence-electron chi connectivity index (χ0n) is 20.3. The Balaban J connectivity index is 2.54. The van der Waals surface area contributed by atoms with Gasteiger partial charge in [-0.05, 0) is 43.5 Å². The highest BCUT2D eigenvalue weighted by Gasteiger charge is 2.32. The number of anilines is 1. The van der Waals surface area contributed by atoms with Gasteiger partial charge in [0.25, 0.3) is 5.69 Å². The summed E-state index contributed by atoms with van der Waals surface area (Å²) >= 11 is 12.1. The molecule has 0 spiro atoms. The molecule has 0 saturated carbocycles. The van der Waals surface area contributed by atoms with Crippen LogP contribution in [0.2, 0.25) is 10.0 Å². The van der Waals surface area contributed by atoms with Crippen molar-refractivity contribution in [1.82, 2.24) is 10.2 Å². The maximum atomic E-state index is 13.6. The molecule has 196 valence electrons. The number of non-ortho nitro benzene ring substituents is 1. The number of benzene rings is 2. The Hall–Kier alpha value is -2.89. The van der Waals surface area contributed by atoms with E-state index in [0.29, 0.717) is 22.7 Å². The van der Waals surface area contributed by atoms with Gasteiger partial charge in [0.1, 0.15) is 12.6 Å². The molecular formula is C23H28Cl2N4O6S. The summed E-state index contributed by atoms with van der Waals surface area (Å²) in [5, 5.41) is 14.6. The Labute approximate surface area is 220 Å². The van der Waals surface area contributed by atoms with Crippen LogP contribution < -0.4 is 9.62 Å². The van der Waals surface area contributed by atoms with E-state index in [-0.39, 0.29) is 29.4 Å². The molecule has 1 unspecified atom stereocenters. The lowest BCUT2D eigenvalue weighted by atomic mass is 10.1.